The third kappa shape index (κ3) is 6.74. The Kier molecular flexibility index (Phi) is 9.95. The maximum Gasteiger partial charge on any atom is 0.191 e. The molecule has 0 atom stereocenters. The van der Waals surface area contributed by atoms with Crippen LogP contribution in [0.4, 0.5) is 0 Å². The normalized spacial score (nSPS) is 11.1. The van der Waals surface area contributed by atoms with Crippen LogP contribution in [0.3, 0.4) is 0 Å². The molecule has 1 aromatic heterocycles. The van der Waals surface area contributed by atoms with Gasteiger partial charge >= 0.3 is 0 Å². The van der Waals surface area contributed by atoms with E-state index in [2.05, 4.69) is 20.6 Å². The van der Waals surface area contributed by atoms with Crippen molar-refractivity contribution < 1.29 is 0 Å². The Hall–Kier alpha value is -0.570. The lowest BCUT2D eigenvalue weighted by atomic mass is 10.1. The summed E-state index contributed by atoms with van der Waals surface area (Å²) in [6, 6.07) is 5.63. The number of guanidine groups is 1. The number of thiazole rings is 1. The molecule has 0 aliphatic rings. The lowest BCUT2D eigenvalue weighted by molar-refractivity contribution is 0.743. The van der Waals surface area contributed by atoms with E-state index < -0.39 is 0 Å². The summed E-state index contributed by atoms with van der Waals surface area (Å²) in [4.78, 5) is 9.69. The predicted octanol–water partition coefficient (Wildman–Crippen LogP) is 4.67. The van der Waals surface area contributed by atoms with Gasteiger partial charge < -0.3 is 10.6 Å². The molecule has 4 nitrogen and oxygen atoms in total. The Balaban J connectivity index is 0.00000288. The zero-order chi connectivity index (χ0) is 16.7. The molecule has 0 aliphatic heterocycles. The smallest absolute Gasteiger partial charge is 0.191 e. The molecule has 2 aromatic rings. The minimum atomic E-state index is 0. The van der Waals surface area contributed by atoms with Crippen LogP contribution in [-0.2, 0) is 13.0 Å². The van der Waals surface area contributed by atoms with Crippen LogP contribution in [0.1, 0.15) is 22.6 Å². The number of aromatic nitrogens is 1. The quantitative estimate of drug-likeness (QED) is 0.263. The minimum Gasteiger partial charge on any atom is -0.356 e. The summed E-state index contributed by atoms with van der Waals surface area (Å²) in [6.07, 6.45) is 1.86. The fraction of sp³-hybridized carbons (Fsp3) is 0.375. The van der Waals surface area contributed by atoms with Gasteiger partial charge in [-0.3, -0.25) is 4.99 Å². The first-order valence-electron chi connectivity index (χ1n) is 7.37. The highest BCUT2D eigenvalue weighted by Crippen LogP contribution is 2.21. The third-order valence-corrected chi connectivity index (χ3v) is 4.94. The fourth-order valence-electron chi connectivity index (χ4n) is 2.09. The molecule has 0 spiro atoms. The number of hydrogen-bond acceptors (Lipinski definition) is 3. The van der Waals surface area contributed by atoms with Gasteiger partial charge in [-0.05, 0) is 37.5 Å². The van der Waals surface area contributed by atoms with Crippen molar-refractivity contribution in [2.45, 2.75) is 26.3 Å². The maximum absolute atomic E-state index is 6.17. The van der Waals surface area contributed by atoms with Crippen molar-refractivity contribution in [3.8, 4) is 0 Å². The average molecular weight is 499 g/mol. The Bertz CT molecular complexity index is 676. The van der Waals surface area contributed by atoms with E-state index >= 15 is 0 Å². The molecule has 2 rings (SSSR count). The van der Waals surface area contributed by atoms with Crippen molar-refractivity contribution in [1.29, 1.82) is 0 Å². The van der Waals surface area contributed by atoms with Gasteiger partial charge in [-0.1, -0.05) is 29.3 Å². The molecule has 1 aromatic carbocycles. The highest BCUT2D eigenvalue weighted by molar-refractivity contribution is 14.0. The van der Waals surface area contributed by atoms with Crippen molar-refractivity contribution in [3.63, 3.8) is 0 Å². The monoisotopic (exact) mass is 498 g/mol. The van der Waals surface area contributed by atoms with E-state index in [0.717, 1.165) is 48.2 Å². The number of hydrogen-bond donors (Lipinski definition) is 2. The van der Waals surface area contributed by atoms with E-state index in [0.29, 0.717) is 5.02 Å². The molecule has 0 unspecified atom stereocenters. The van der Waals surface area contributed by atoms with Crippen molar-refractivity contribution in [2.75, 3.05) is 13.6 Å². The van der Waals surface area contributed by atoms with Crippen LogP contribution in [0, 0.1) is 6.92 Å². The molecule has 132 valence electrons. The number of aliphatic imine (C=N–C) groups is 1. The van der Waals surface area contributed by atoms with Gasteiger partial charge in [-0.25, -0.2) is 4.98 Å². The molecule has 0 bridgehead atoms. The van der Waals surface area contributed by atoms with Crippen molar-refractivity contribution >= 4 is 64.5 Å². The Morgan fingerprint density at radius 2 is 2.08 bits per heavy atom. The standard InChI is InChI=1S/C16H20Cl2N4S.HI/c1-11-15(23-10-22-11)9-21-16(19-2)20-7-3-4-12-5-6-13(17)8-14(12)18;/h5-6,8,10H,3-4,7,9H2,1-2H3,(H2,19,20,21);1H. The van der Waals surface area contributed by atoms with Gasteiger partial charge in [0.05, 0.1) is 17.7 Å². The van der Waals surface area contributed by atoms with E-state index in [1.807, 2.05) is 24.6 Å². The number of nitrogens with one attached hydrogen (secondary N) is 2. The summed E-state index contributed by atoms with van der Waals surface area (Å²) < 4.78 is 0. The van der Waals surface area contributed by atoms with Crippen molar-refractivity contribution in [3.05, 3.63) is 49.9 Å². The average Bonchev–Trinajstić information content (AvgIpc) is 2.93. The van der Waals surface area contributed by atoms with E-state index in [1.165, 1.54) is 4.88 Å². The van der Waals surface area contributed by atoms with Gasteiger partial charge in [-0.15, -0.1) is 35.3 Å². The number of nitrogens with zero attached hydrogens (tertiary/aromatic N) is 2. The molecular weight excluding hydrogens is 478 g/mol. The van der Waals surface area contributed by atoms with Crippen LogP contribution in [0.2, 0.25) is 10.0 Å². The zero-order valence-corrected chi connectivity index (χ0v) is 18.3. The van der Waals surface area contributed by atoms with E-state index in [1.54, 1.807) is 24.5 Å². The number of rotatable bonds is 6. The molecule has 0 fully saturated rings. The molecular formula is C16H21Cl2IN4S. The second-order valence-electron chi connectivity index (χ2n) is 5.05. The summed E-state index contributed by atoms with van der Waals surface area (Å²) in [5.74, 6) is 0.792. The number of benzene rings is 1. The lowest BCUT2D eigenvalue weighted by Crippen LogP contribution is -2.37. The van der Waals surface area contributed by atoms with Crippen LogP contribution < -0.4 is 10.6 Å². The molecule has 2 N–H and O–H groups in total. The predicted molar refractivity (Wildman–Crippen MR) is 115 cm³/mol. The van der Waals surface area contributed by atoms with E-state index in [9.17, 15) is 0 Å². The topological polar surface area (TPSA) is 49.3 Å². The van der Waals surface area contributed by atoms with Crippen LogP contribution in [-0.4, -0.2) is 24.5 Å². The first-order valence-corrected chi connectivity index (χ1v) is 9.01. The molecule has 0 radical (unpaired) electrons. The van der Waals surface area contributed by atoms with Gasteiger partial charge in [0.15, 0.2) is 5.96 Å². The van der Waals surface area contributed by atoms with Crippen molar-refractivity contribution in [2.24, 2.45) is 4.99 Å². The second-order valence-corrected chi connectivity index (χ2v) is 6.84. The number of halogens is 3. The Morgan fingerprint density at radius 1 is 1.29 bits per heavy atom. The third-order valence-electron chi connectivity index (χ3n) is 3.42. The highest BCUT2D eigenvalue weighted by atomic mass is 127. The SMILES string of the molecule is CN=C(NCCCc1ccc(Cl)cc1Cl)NCc1scnc1C.I. The second kappa shape index (κ2) is 11.1. The minimum absolute atomic E-state index is 0. The first-order chi connectivity index (χ1) is 11.1. The fourth-order valence-corrected chi connectivity index (χ4v) is 3.31. The van der Waals surface area contributed by atoms with Crippen molar-refractivity contribution in [1.82, 2.24) is 15.6 Å². The summed E-state index contributed by atoms with van der Waals surface area (Å²) >= 11 is 13.7. The van der Waals surface area contributed by atoms with Gasteiger partial charge in [-0.2, -0.15) is 0 Å². The summed E-state index contributed by atoms with van der Waals surface area (Å²) in [5, 5.41) is 7.99. The highest BCUT2D eigenvalue weighted by Gasteiger charge is 2.04. The molecule has 0 saturated heterocycles. The van der Waals surface area contributed by atoms with E-state index in [4.69, 9.17) is 23.2 Å². The van der Waals surface area contributed by atoms with Gasteiger partial charge in [0, 0.05) is 28.5 Å². The van der Waals surface area contributed by atoms with Crippen LogP contribution in [0.15, 0.2) is 28.7 Å². The Morgan fingerprint density at radius 3 is 2.71 bits per heavy atom. The summed E-state index contributed by atoms with van der Waals surface area (Å²) in [7, 11) is 1.77. The molecule has 0 amide bonds. The van der Waals surface area contributed by atoms with Crippen LogP contribution in [0.5, 0.6) is 0 Å². The Labute approximate surface area is 174 Å². The maximum atomic E-state index is 6.17. The number of aryl methyl sites for hydroxylation is 2. The molecule has 1 heterocycles. The summed E-state index contributed by atoms with van der Waals surface area (Å²) in [6.45, 7) is 3.57. The molecule has 24 heavy (non-hydrogen) atoms. The van der Waals surface area contributed by atoms with Gasteiger partial charge in [0.1, 0.15) is 0 Å². The van der Waals surface area contributed by atoms with Crippen LogP contribution in [0.25, 0.3) is 0 Å². The lowest BCUT2D eigenvalue weighted by Gasteiger charge is -2.11. The van der Waals surface area contributed by atoms with Crippen LogP contribution >= 0.6 is 58.5 Å². The molecule has 0 saturated carbocycles. The molecule has 0 aliphatic carbocycles. The van der Waals surface area contributed by atoms with Gasteiger partial charge in [0.25, 0.3) is 0 Å². The zero-order valence-electron chi connectivity index (χ0n) is 13.6. The largest absolute Gasteiger partial charge is 0.356 e. The van der Waals surface area contributed by atoms with E-state index in [-0.39, 0.29) is 24.0 Å². The first kappa shape index (κ1) is 21.5. The molecule has 8 heteroatoms. The van der Waals surface area contributed by atoms with Gasteiger partial charge in [0.2, 0.25) is 0 Å². The summed E-state index contributed by atoms with van der Waals surface area (Å²) in [5.41, 5.74) is 4.04.